The molecule has 0 aromatic rings. The maximum atomic E-state index is 2.34. The molecule has 0 spiro atoms. The summed E-state index contributed by atoms with van der Waals surface area (Å²) in [6.07, 6.45) is 12.8. The number of halogens is 2. The van der Waals surface area contributed by atoms with Crippen molar-refractivity contribution in [2.75, 3.05) is 0 Å². The van der Waals surface area contributed by atoms with Crippen molar-refractivity contribution >= 4 is 0 Å². The molecule has 0 saturated carbocycles. The zero-order valence-corrected chi connectivity index (χ0v) is 13.8. The van der Waals surface area contributed by atoms with Crippen LogP contribution in [0.25, 0.3) is 0 Å². The van der Waals surface area contributed by atoms with Gasteiger partial charge in [0.2, 0.25) is 0 Å². The van der Waals surface area contributed by atoms with Gasteiger partial charge in [-0.05, 0) is 0 Å². The van der Waals surface area contributed by atoms with Crippen LogP contribution >= 0.6 is 0 Å². The Morgan fingerprint density at radius 1 is 1.21 bits per heavy atom. The second-order valence-corrected chi connectivity index (χ2v) is 5.59. The molecule has 0 heterocycles. The predicted molar refractivity (Wildman–Crippen MR) is 49.5 cm³/mol. The molecular formula is C11H17Cl2Hf. The van der Waals surface area contributed by atoms with Gasteiger partial charge in [0.1, 0.15) is 0 Å². The largest absolute Gasteiger partial charge is 1.00 e. The molecule has 0 N–H and O–H groups in total. The van der Waals surface area contributed by atoms with E-state index in [0.29, 0.717) is 0 Å². The summed E-state index contributed by atoms with van der Waals surface area (Å²) < 4.78 is 1.73. The van der Waals surface area contributed by atoms with E-state index in [1.165, 1.54) is 62.9 Å². The first-order valence-electron chi connectivity index (χ1n) is 4.94. The summed E-state index contributed by atoms with van der Waals surface area (Å²) in [6, 6.07) is 0. The molecule has 0 atom stereocenters. The van der Waals surface area contributed by atoms with Gasteiger partial charge >= 0.3 is 90.9 Å². The SMILES string of the molecule is CCCCCCC1=[C]([Hf+2])CC=C1.[Cl-].[Cl-]. The van der Waals surface area contributed by atoms with Crippen LogP contribution in [0.3, 0.4) is 0 Å². The molecule has 0 aromatic carbocycles. The van der Waals surface area contributed by atoms with Gasteiger partial charge in [-0.2, -0.15) is 0 Å². The number of rotatable bonds is 5. The van der Waals surface area contributed by atoms with E-state index in [9.17, 15) is 0 Å². The summed E-state index contributed by atoms with van der Waals surface area (Å²) in [5.41, 5.74) is 1.66. The molecule has 0 nitrogen and oxygen atoms in total. The van der Waals surface area contributed by atoms with Gasteiger partial charge in [-0.1, -0.05) is 0 Å². The monoisotopic (exact) mass is 399 g/mol. The third kappa shape index (κ3) is 6.42. The summed E-state index contributed by atoms with van der Waals surface area (Å²) in [5, 5.41) is 0. The molecule has 0 unspecified atom stereocenters. The van der Waals surface area contributed by atoms with E-state index in [-0.39, 0.29) is 24.8 Å². The van der Waals surface area contributed by atoms with Crippen LogP contribution in [0.15, 0.2) is 21.1 Å². The van der Waals surface area contributed by atoms with E-state index in [1.807, 2.05) is 0 Å². The molecule has 0 fully saturated rings. The first-order chi connectivity index (χ1) is 5.84. The molecule has 1 aliphatic carbocycles. The normalized spacial score (nSPS) is 13.9. The summed E-state index contributed by atoms with van der Waals surface area (Å²) in [4.78, 5) is 0. The Kier molecular flexibility index (Phi) is 12.9. The number of unbranched alkanes of at least 4 members (excludes halogenated alkanes) is 3. The second-order valence-electron chi connectivity index (χ2n) is 3.42. The molecule has 0 amide bonds. The second kappa shape index (κ2) is 10.4. The molecule has 1 rings (SSSR count). The number of hydrogen-bond acceptors (Lipinski definition) is 0. The molecule has 3 heteroatoms. The smallest absolute Gasteiger partial charge is 1.00 e. The third-order valence-corrected chi connectivity index (χ3v) is 4.22. The molecular weight excluding hydrogens is 382 g/mol. The van der Waals surface area contributed by atoms with Gasteiger partial charge in [0.25, 0.3) is 0 Å². The fourth-order valence-corrected chi connectivity index (χ4v) is 2.70. The van der Waals surface area contributed by atoms with Crippen LogP contribution < -0.4 is 24.8 Å². The fourth-order valence-electron chi connectivity index (χ4n) is 1.53. The minimum Gasteiger partial charge on any atom is -1.00 e. The van der Waals surface area contributed by atoms with Crippen LogP contribution in [0, 0.1) is 0 Å². The quantitative estimate of drug-likeness (QED) is 0.362. The van der Waals surface area contributed by atoms with Gasteiger partial charge in [0.05, 0.1) is 0 Å². The van der Waals surface area contributed by atoms with Crippen LogP contribution in [0.4, 0.5) is 0 Å². The fraction of sp³-hybridized carbons (Fsp3) is 0.636. The van der Waals surface area contributed by atoms with Crippen molar-refractivity contribution in [3.63, 3.8) is 0 Å². The Labute approximate surface area is 115 Å². The third-order valence-electron chi connectivity index (χ3n) is 2.33. The zero-order chi connectivity index (χ0) is 8.81. The van der Waals surface area contributed by atoms with Crippen molar-refractivity contribution in [3.05, 3.63) is 21.1 Å². The van der Waals surface area contributed by atoms with E-state index in [2.05, 4.69) is 19.1 Å². The molecule has 0 aromatic heterocycles. The summed E-state index contributed by atoms with van der Waals surface area (Å²) in [5.74, 6) is 0. The molecule has 14 heavy (non-hydrogen) atoms. The van der Waals surface area contributed by atoms with E-state index >= 15 is 0 Å². The van der Waals surface area contributed by atoms with E-state index in [0.717, 1.165) is 0 Å². The van der Waals surface area contributed by atoms with Gasteiger partial charge in [0.15, 0.2) is 0 Å². The maximum Gasteiger partial charge on any atom is -1.00 e. The Bertz CT molecular complexity index is 197. The van der Waals surface area contributed by atoms with Crippen LogP contribution in [0.2, 0.25) is 0 Å². The maximum absolute atomic E-state index is 2.34. The van der Waals surface area contributed by atoms with Crippen molar-refractivity contribution in [2.45, 2.75) is 45.4 Å². The van der Waals surface area contributed by atoms with Crippen molar-refractivity contribution in [3.8, 4) is 0 Å². The summed E-state index contributed by atoms with van der Waals surface area (Å²) in [7, 11) is 0. The molecule has 79 valence electrons. The first kappa shape index (κ1) is 17.3. The van der Waals surface area contributed by atoms with Crippen LogP contribution in [-0.2, 0) is 24.4 Å². The average molecular weight is 399 g/mol. The number of allylic oxidation sites excluding steroid dienone is 4. The Hall–Kier alpha value is 0.930. The van der Waals surface area contributed by atoms with Crippen LogP contribution in [-0.4, -0.2) is 0 Å². The van der Waals surface area contributed by atoms with Crippen LogP contribution in [0.5, 0.6) is 0 Å². The predicted octanol–water partition coefficient (Wildman–Crippen LogP) is -2.27. The standard InChI is InChI=1S/C11H17.2ClH.Hf/c1-2-3-4-5-8-11-9-6-7-10-11;;;/h6,9H,2-5,7-8H2,1H3;2*1H;/q;;;+2/p-2. The first-order valence-corrected chi connectivity index (χ1v) is 6.74. The van der Waals surface area contributed by atoms with E-state index < -0.39 is 0 Å². The number of hydrogen-bond donors (Lipinski definition) is 0. The summed E-state index contributed by atoms with van der Waals surface area (Å²) >= 11 is 1.27. The topological polar surface area (TPSA) is 0 Å². The Balaban J connectivity index is 0. The minimum atomic E-state index is 0. The minimum absolute atomic E-state index is 0. The molecule has 0 aliphatic heterocycles. The van der Waals surface area contributed by atoms with Crippen molar-refractivity contribution < 1.29 is 49.2 Å². The van der Waals surface area contributed by atoms with Crippen molar-refractivity contribution in [1.82, 2.24) is 0 Å². The molecule has 1 aliphatic rings. The van der Waals surface area contributed by atoms with Crippen LogP contribution in [0.1, 0.15) is 45.4 Å². The van der Waals surface area contributed by atoms with E-state index in [4.69, 9.17) is 0 Å². The summed E-state index contributed by atoms with van der Waals surface area (Å²) in [6.45, 7) is 2.27. The Morgan fingerprint density at radius 3 is 2.43 bits per heavy atom. The van der Waals surface area contributed by atoms with Gasteiger partial charge in [-0.15, -0.1) is 0 Å². The van der Waals surface area contributed by atoms with E-state index in [1.54, 1.807) is 8.90 Å². The zero-order valence-electron chi connectivity index (χ0n) is 8.65. The van der Waals surface area contributed by atoms with Crippen molar-refractivity contribution in [2.24, 2.45) is 0 Å². The molecule has 0 bridgehead atoms. The van der Waals surface area contributed by atoms with Gasteiger partial charge in [-0.3, -0.25) is 0 Å². The van der Waals surface area contributed by atoms with Gasteiger partial charge in [-0.25, -0.2) is 0 Å². The molecule has 0 radical (unpaired) electrons. The van der Waals surface area contributed by atoms with Gasteiger partial charge in [0, 0.05) is 0 Å². The average Bonchev–Trinajstić information content (AvgIpc) is 2.46. The molecule has 0 saturated heterocycles. The Morgan fingerprint density at radius 2 is 1.93 bits per heavy atom. The van der Waals surface area contributed by atoms with Gasteiger partial charge < -0.3 is 24.8 Å². The van der Waals surface area contributed by atoms with Crippen molar-refractivity contribution in [1.29, 1.82) is 0 Å².